The van der Waals surface area contributed by atoms with Crippen molar-refractivity contribution in [1.82, 2.24) is 5.32 Å². The van der Waals surface area contributed by atoms with Crippen molar-refractivity contribution in [2.24, 2.45) is 11.3 Å². The van der Waals surface area contributed by atoms with Crippen LogP contribution in [-0.2, 0) is 19.4 Å². The number of sulfone groups is 1. The van der Waals surface area contributed by atoms with Crippen LogP contribution in [0.3, 0.4) is 0 Å². The summed E-state index contributed by atoms with van der Waals surface area (Å²) >= 11 is 0. The predicted molar refractivity (Wildman–Crippen MR) is 68.3 cm³/mol. The van der Waals surface area contributed by atoms with Crippen molar-refractivity contribution in [3.8, 4) is 0 Å². The fourth-order valence-electron chi connectivity index (χ4n) is 2.92. The maximum Gasteiger partial charge on any atom is 0.311 e. The second kappa shape index (κ2) is 5.11. The summed E-state index contributed by atoms with van der Waals surface area (Å²) in [6.07, 6.45) is 3.21. The van der Waals surface area contributed by atoms with Gasteiger partial charge in [0.05, 0.1) is 22.8 Å². The molecular formula is C12H19NO5S. The standard InChI is InChI=1S/C12H19NO5S/c14-10(9-3-6-19(17,18)7-9)13-8-12(11(15)16)4-1-2-5-12/h9H,1-8H2,(H,13,14)(H,15,16). The minimum Gasteiger partial charge on any atom is -0.481 e. The molecule has 2 N–H and O–H groups in total. The summed E-state index contributed by atoms with van der Waals surface area (Å²) in [7, 11) is -3.09. The Labute approximate surface area is 112 Å². The van der Waals surface area contributed by atoms with Crippen LogP contribution in [0.4, 0.5) is 0 Å². The van der Waals surface area contributed by atoms with E-state index in [4.69, 9.17) is 0 Å². The highest BCUT2D eigenvalue weighted by Crippen LogP contribution is 2.37. The number of carbonyl (C=O) groups is 2. The van der Waals surface area contributed by atoms with Crippen LogP contribution < -0.4 is 5.32 Å². The number of rotatable bonds is 4. The van der Waals surface area contributed by atoms with Crippen LogP contribution in [0.15, 0.2) is 0 Å². The fourth-order valence-corrected chi connectivity index (χ4v) is 4.66. The Kier molecular flexibility index (Phi) is 3.85. The lowest BCUT2D eigenvalue weighted by atomic mass is 9.86. The minimum atomic E-state index is -3.09. The van der Waals surface area contributed by atoms with Crippen LogP contribution in [0.25, 0.3) is 0 Å². The first-order valence-corrected chi connectivity index (χ1v) is 8.38. The molecule has 6 nitrogen and oxygen atoms in total. The van der Waals surface area contributed by atoms with Gasteiger partial charge in [0.25, 0.3) is 0 Å². The van der Waals surface area contributed by atoms with E-state index >= 15 is 0 Å². The molecule has 1 aliphatic heterocycles. The third-order valence-electron chi connectivity index (χ3n) is 4.22. The van der Waals surface area contributed by atoms with Gasteiger partial charge in [0.1, 0.15) is 0 Å². The van der Waals surface area contributed by atoms with Crippen LogP contribution in [0.2, 0.25) is 0 Å². The second-order valence-electron chi connectivity index (χ2n) is 5.61. The zero-order chi connectivity index (χ0) is 14.1. The number of hydrogen-bond donors (Lipinski definition) is 2. The van der Waals surface area contributed by atoms with E-state index in [2.05, 4.69) is 5.32 Å². The van der Waals surface area contributed by atoms with Crippen molar-refractivity contribution in [2.75, 3.05) is 18.1 Å². The third kappa shape index (κ3) is 3.08. The Morgan fingerprint density at radius 1 is 1.26 bits per heavy atom. The van der Waals surface area contributed by atoms with Crippen molar-refractivity contribution in [3.05, 3.63) is 0 Å². The summed E-state index contributed by atoms with van der Waals surface area (Å²) < 4.78 is 22.6. The normalized spacial score (nSPS) is 28.1. The summed E-state index contributed by atoms with van der Waals surface area (Å²) in [4.78, 5) is 23.2. The molecule has 0 spiro atoms. The molecule has 1 unspecified atom stereocenters. The minimum absolute atomic E-state index is 0.0508. The van der Waals surface area contributed by atoms with Gasteiger partial charge in [0, 0.05) is 6.54 Å². The van der Waals surface area contributed by atoms with Gasteiger partial charge in [-0.15, -0.1) is 0 Å². The maximum atomic E-state index is 11.9. The average Bonchev–Trinajstić information content (AvgIpc) is 2.93. The lowest BCUT2D eigenvalue weighted by Crippen LogP contribution is -2.43. The molecule has 0 aromatic rings. The monoisotopic (exact) mass is 289 g/mol. The largest absolute Gasteiger partial charge is 0.481 e. The van der Waals surface area contributed by atoms with Crippen LogP contribution in [0.1, 0.15) is 32.1 Å². The predicted octanol–water partition coefficient (Wildman–Crippen LogP) is 0.182. The van der Waals surface area contributed by atoms with E-state index < -0.39 is 27.1 Å². The molecule has 2 aliphatic rings. The zero-order valence-electron chi connectivity index (χ0n) is 10.7. The number of carbonyl (C=O) groups excluding carboxylic acids is 1. The first-order chi connectivity index (χ1) is 8.85. The highest BCUT2D eigenvalue weighted by molar-refractivity contribution is 7.91. The molecule has 2 fully saturated rings. The SMILES string of the molecule is O=C(NCC1(C(=O)O)CCCC1)C1CCS(=O)(=O)C1. The Morgan fingerprint density at radius 2 is 1.89 bits per heavy atom. The molecule has 1 heterocycles. The molecule has 1 atom stereocenters. The lowest BCUT2D eigenvalue weighted by molar-refractivity contribution is -0.148. The first-order valence-electron chi connectivity index (χ1n) is 6.56. The van der Waals surface area contributed by atoms with E-state index in [0.717, 1.165) is 12.8 Å². The smallest absolute Gasteiger partial charge is 0.311 e. The molecular weight excluding hydrogens is 270 g/mol. The third-order valence-corrected chi connectivity index (χ3v) is 5.99. The van der Waals surface area contributed by atoms with Gasteiger partial charge in [-0.1, -0.05) is 12.8 Å². The van der Waals surface area contributed by atoms with Gasteiger partial charge in [-0.2, -0.15) is 0 Å². The van der Waals surface area contributed by atoms with E-state index in [9.17, 15) is 23.1 Å². The second-order valence-corrected chi connectivity index (χ2v) is 7.84. The molecule has 7 heteroatoms. The Hall–Kier alpha value is -1.11. The highest BCUT2D eigenvalue weighted by atomic mass is 32.2. The van der Waals surface area contributed by atoms with Gasteiger partial charge >= 0.3 is 5.97 Å². The van der Waals surface area contributed by atoms with Gasteiger partial charge in [-0.05, 0) is 19.3 Å². The molecule has 0 bridgehead atoms. The van der Waals surface area contributed by atoms with E-state index in [1.807, 2.05) is 0 Å². The summed E-state index contributed by atoms with van der Waals surface area (Å²) in [6.45, 7) is 0.109. The van der Waals surface area contributed by atoms with Gasteiger partial charge < -0.3 is 10.4 Å². The van der Waals surface area contributed by atoms with Crippen LogP contribution >= 0.6 is 0 Å². The van der Waals surface area contributed by atoms with Crippen molar-refractivity contribution in [2.45, 2.75) is 32.1 Å². The van der Waals surface area contributed by atoms with E-state index in [1.54, 1.807) is 0 Å². The fraction of sp³-hybridized carbons (Fsp3) is 0.833. The number of aliphatic carboxylic acids is 1. The first kappa shape index (κ1) is 14.3. The molecule has 1 saturated heterocycles. The quantitative estimate of drug-likeness (QED) is 0.769. The van der Waals surface area contributed by atoms with Gasteiger partial charge in [-0.25, -0.2) is 8.42 Å². The molecule has 19 heavy (non-hydrogen) atoms. The summed E-state index contributed by atoms with van der Waals surface area (Å²) in [5.74, 6) is -1.77. The average molecular weight is 289 g/mol. The Bertz CT molecular complexity index is 478. The lowest BCUT2D eigenvalue weighted by Gasteiger charge is -2.24. The van der Waals surface area contributed by atoms with Crippen molar-refractivity contribution < 1.29 is 23.1 Å². The summed E-state index contributed by atoms with van der Waals surface area (Å²) in [5, 5.41) is 11.9. The summed E-state index contributed by atoms with van der Waals surface area (Å²) in [5.41, 5.74) is -0.854. The van der Waals surface area contributed by atoms with Crippen LogP contribution in [-0.4, -0.2) is 43.5 Å². The van der Waals surface area contributed by atoms with Crippen LogP contribution in [0.5, 0.6) is 0 Å². The Balaban J connectivity index is 1.91. The molecule has 0 aromatic heterocycles. The maximum absolute atomic E-state index is 11.9. The Morgan fingerprint density at radius 3 is 2.37 bits per heavy atom. The molecule has 108 valence electrons. The number of carboxylic acids is 1. The van der Waals surface area contributed by atoms with Crippen molar-refractivity contribution >= 4 is 21.7 Å². The van der Waals surface area contributed by atoms with E-state index in [1.165, 1.54) is 0 Å². The molecule has 1 saturated carbocycles. The van der Waals surface area contributed by atoms with Gasteiger partial charge in [0.2, 0.25) is 5.91 Å². The number of nitrogens with one attached hydrogen (secondary N) is 1. The molecule has 2 rings (SSSR count). The molecule has 0 aromatic carbocycles. The number of carboxylic acid groups (broad SMARTS) is 1. The molecule has 1 amide bonds. The molecule has 1 aliphatic carbocycles. The zero-order valence-corrected chi connectivity index (χ0v) is 11.5. The van der Waals surface area contributed by atoms with Crippen molar-refractivity contribution in [1.29, 1.82) is 0 Å². The van der Waals surface area contributed by atoms with E-state index in [0.29, 0.717) is 19.3 Å². The van der Waals surface area contributed by atoms with Gasteiger partial charge in [0.15, 0.2) is 9.84 Å². The van der Waals surface area contributed by atoms with Crippen molar-refractivity contribution in [3.63, 3.8) is 0 Å². The highest BCUT2D eigenvalue weighted by Gasteiger charge is 2.42. The van der Waals surface area contributed by atoms with Gasteiger partial charge in [-0.3, -0.25) is 9.59 Å². The molecule has 0 radical (unpaired) electrons. The number of amides is 1. The van der Waals surface area contributed by atoms with E-state index in [-0.39, 0.29) is 24.0 Å². The number of hydrogen-bond acceptors (Lipinski definition) is 4. The topological polar surface area (TPSA) is 101 Å². The van der Waals surface area contributed by atoms with Crippen LogP contribution in [0, 0.1) is 11.3 Å². The summed E-state index contributed by atoms with van der Waals surface area (Å²) in [6, 6.07) is 0.